The van der Waals surface area contributed by atoms with Crippen LogP contribution in [0.2, 0.25) is 0 Å². The van der Waals surface area contributed by atoms with Crippen LogP contribution >= 0.6 is 15.9 Å². The minimum absolute atomic E-state index is 0.132. The number of carbonyl (C=O) groups is 1. The Morgan fingerprint density at radius 1 is 1.37 bits per heavy atom. The molecule has 0 aliphatic rings. The number of carbonyl (C=O) groups excluding carboxylic acids is 1. The number of ether oxygens (including phenoxy) is 1. The number of esters is 1. The van der Waals surface area contributed by atoms with Crippen LogP contribution in [0.5, 0.6) is 0 Å². The van der Waals surface area contributed by atoms with E-state index in [-0.39, 0.29) is 24.8 Å². The van der Waals surface area contributed by atoms with Crippen LogP contribution in [0.25, 0.3) is 5.69 Å². The first-order valence-electron chi connectivity index (χ1n) is 5.61. The van der Waals surface area contributed by atoms with Crippen molar-refractivity contribution in [3.05, 3.63) is 45.5 Å². The number of nitrogens with zero attached hydrogens (tertiary/aromatic N) is 3. The molecule has 0 aliphatic carbocycles. The fourth-order valence-corrected chi connectivity index (χ4v) is 1.81. The third kappa shape index (κ3) is 3.31. The summed E-state index contributed by atoms with van der Waals surface area (Å²) in [5.41, 5.74) is 0.460. The van der Waals surface area contributed by atoms with Crippen molar-refractivity contribution in [2.45, 2.75) is 13.5 Å². The molecule has 1 heterocycles. The Morgan fingerprint density at radius 3 is 2.68 bits per heavy atom. The maximum absolute atomic E-state index is 12.0. The molecular weight excluding hydrogens is 314 g/mol. The van der Waals surface area contributed by atoms with Crippen LogP contribution in [0, 0.1) is 0 Å². The second kappa shape index (κ2) is 5.83. The molecule has 1 aromatic heterocycles. The van der Waals surface area contributed by atoms with Crippen LogP contribution in [0.1, 0.15) is 6.92 Å². The van der Waals surface area contributed by atoms with Gasteiger partial charge >= 0.3 is 11.7 Å². The van der Waals surface area contributed by atoms with Gasteiger partial charge in [-0.3, -0.25) is 4.79 Å². The Balaban J connectivity index is 2.16. The summed E-state index contributed by atoms with van der Waals surface area (Å²) in [6, 6.07) is 7.31. The van der Waals surface area contributed by atoms with E-state index < -0.39 is 0 Å². The Kier molecular flexibility index (Phi) is 4.16. The van der Waals surface area contributed by atoms with Crippen molar-refractivity contribution in [2.75, 3.05) is 6.61 Å². The van der Waals surface area contributed by atoms with E-state index in [1.165, 1.54) is 22.5 Å². The number of aromatic nitrogens is 3. The summed E-state index contributed by atoms with van der Waals surface area (Å²) in [7, 11) is 0. The first-order chi connectivity index (χ1) is 9.08. The van der Waals surface area contributed by atoms with Gasteiger partial charge in [-0.2, -0.15) is 5.10 Å². The predicted octanol–water partition coefficient (Wildman–Crippen LogP) is 1.36. The van der Waals surface area contributed by atoms with E-state index in [2.05, 4.69) is 21.0 Å². The molecule has 0 N–H and O–H groups in total. The molecule has 1 aromatic carbocycles. The Morgan fingerprint density at radius 2 is 2.05 bits per heavy atom. The third-order valence-corrected chi connectivity index (χ3v) is 2.98. The molecule has 0 radical (unpaired) electrons. The van der Waals surface area contributed by atoms with Crippen molar-refractivity contribution in [3.63, 3.8) is 0 Å². The summed E-state index contributed by atoms with van der Waals surface area (Å²) in [6.45, 7) is 1.69. The summed E-state index contributed by atoms with van der Waals surface area (Å²) in [6.07, 6.45) is 1.44. The lowest BCUT2D eigenvalue weighted by atomic mass is 10.3. The van der Waals surface area contributed by atoms with Gasteiger partial charge in [0.15, 0.2) is 0 Å². The molecule has 2 rings (SSSR count). The van der Waals surface area contributed by atoms with Crippen LogP contribution in [0.3, 0.4) is 0 Å². The van der Waals surface area contributed by atoms with Gasteiger partial charge in [0.05, 0.1) is 12.2 Å². The number of hydrogen-bond acceptors (Lipinski definition) is 4. The van der Waals surface area contributed by atoms with Gasteiger partial charge in [0.25, 0.3) is 0 Å². The van der Waals surface area contributed by atoms with Crippen molar-refractivity contribution in [3.8, 4) is 5.69 Å². The maximum atomic E-state index is 12.0. The predicted molar refractivity (Wildman–Crippen MR) is 72.2 cm³/mol. The van der Waals surface area contributed by atoms with Gasteiger partial charge in [-0.05, 0) is 24.3 Å². The fraction of sp³-hybridized carbons (Fsp3) is 0.250. The Hall–Kier alpha value is -1.89. The summed E-state index contributed by atoms with van der Waals surface area (Å²) >= 11 is 3.33. The number of halogens is 1. The van der Waals surface area contributed by atoms with E-state index in [9.17, 15) is 9.59 Å². The van der Waals surface area contributed by atoms with E-state index in [1.807, 2.05) is 24.3 Å². The fourth-order valence-electron chi connectivity index (χ4n) is 1.55. The molecule has 0 spiro atoms. The summed E-state index contributed by atoms with van der Waals surface area (Å²) in [4.78, 5) is 22.7. The molecule has 19 heavy (non-hydrogen) atoms. The SMILES string of the molecule is CC(=O)OCCn1ncn(-c2ccc(Br)cc2)c1=O. The molecule has 0 saturated carbocycles. The summed E-state index contributed by atoms with van der Waals surface area (Å²) in [5.74, 6) is -0.375. The first kappa shape index (κ1) is 13.5. The zero-order valence-electron chi connectivity index (χ0n) is 10.2. The first-order valence-corrected chi connectivity index (χ1v) is 6.41. The normalized spacial score (nSPS) is 10.4. The van der Waals surface area contributed by atoms with Crippen LogP contribution in [0.4, 0.5) is 0 Å². The standard InChI is InChI=1S/C12H12BrN3O3/c1-9(17)19-7-6-16-12(18)15(8-14-16)11-4-2-10(13)3-5-11/h2-5,8H,6-7H2,1H3. The monoisotopic (exact) mass is 325 g/mol. The highest BCUT2D eigenvalue weighted by Gasteiger charge is 2.07. The lowest BCUT2D eigenvalue weighted by Crippen LogP contribution is -2.25. The highest BCUT2D eigenvalue weighted by atomic mass is 79.9. The smallest absolute Gasteiger partial charge is 0.350 e. The molecule has 0 atom stereocenters. The molecule has 0 bridgehead atoms. The number of hydrogen-bond donors (Lipinski definition) is 0. The molecule has 0 unspecified atom stereocenters. The minimum atomic E-state index is -0.375. The third-order valence-electron chi connectivity index (χ3n) is 2.45. The second-order valence-electron chi connectivity index (χ2n) is 3.82. The zero-order chi connectivity index (χ0) is 13.8. The van der Waals surface area contributed by atoms with E-state index in [0.29, 0.717) is 0 Å². The van der Waals surface area contributed by atoms with Gasteiger partial charge in [-0.15, -0.1) is 0 Å². The lowest BCUT2D eigenvalue weighted by molar-refractivity contribution is -0.141. The van der Waals surface area contributed by atoms with Crippen LogP contribution in [-0.2, 0) is 16.1 Å². The van der Waals surface area contributed by atoms with Gasteiger partial charge in [-0.25, -0.2) is 14.0 Å². The van der Waals surface area contributed by atoms with Gasteiger partial charge < -0.3 is 4.74 Å². The summed E-state index contributed by atoms with van der Waals surface area (Å²) in [5, 5.41) is 3.98. The van der Waals surface area contributed by atoms with Crippen molar-refractivity contribution >= 4 is 21.9 Å². The minimum Gasteiger partial charge on any atom is -0.464 e. The number of rotatable bonds is 4. The molecule has 7 heteroatoms. The molecular formula is C12H12BrN3O3. The van der Waals surface area contributed by atoms with E-state index >= 15 is 0 Å². The van der Waals surface area contributed by atoms with Crippen molar-refractivity contribution in [2.24, 2.45) is 0 Å². The molecule has 6 nitrogen and oxygen atoms in total. The van der Waals surface area contributed by atoms with E-state index in [0.717, 1.165) is 10.2 Å². The maximum Gasteiger partial charge on any atom is 0.350 e. The van der Waals surface area contributed by atoms with Crippen LogP contribution in [0.15, 0.2) is 39.9 Å². The van der Waals surface area contributed by atoms with Crippen LogP contribution < -0.4 is 5.69 Å². The Labute approximate surface area is 117 Å². The van der Waals surface area contributed by atoms with Gasteiger partial charge in [-0.1, -0.05) is 15.9 Å². The van der Waals surface area contributed by atoms with E-state index in [4.69, 9.17) is 4.74 Å². The molecule has 100 valence electrons. The second-order valence-corrected chi connectivity index (χ2v) is 4.74. The molecule has 0 fully saturated rings. The molecule has 0 aliphatic heterocycles. The van der Waals surface area contributed by atoms with Crippen molar-refractivity contribution in [1.82, 2.24) is 14.3 Å². The van der Waals surface area contributed by atoms with Crippen molar-refractivity contribution < 1.29 is 9.53 Å². The van der Waals surface area contributed by atoms with E-state index in [1.54, 1.807) is 0 Å². The van der Waals surface area contributed by atoms with Gasteiger partial charge in [0.1, 0.15) is 12.9 Å². The quantitative estimate of drug-likeness (QED) is 0.796. The molecule has 0 saturated heterocycles. The molecule has 0 amide bonds. The highest BCUT2D eigenvalue weighted by Crippen LogP contribution is 2.12. The lowest BCUT2D eigenvalue weighted by Gasteiger charge is -2.01. The zero-order valence-corrected chi connectivity index (χ0v) is 11.8. The topological polar surface area (TPSA) is 66.1 Å². The van der Waals surface area contributed by atoms with Gasteiger partial charge in [0.2, 0.25) is 0 Å². The molecule has 2 aromatic rings. The summed E-state index contributed by atoms with van der Waals surface area (Å²) < 4.78 is 8.40. The average Bonchev–Trinajstić information content (AvgIpc) is 2.72. The number of benzene rings is 1. The largest absolute Gasteiger partial charge is 0.464 e. The highest BCUT2D eigenvalue weighted by molar-refractivity contribution is 9.10. The van der Waals surface area contributed by atoms with Crippen molar-refractivity contribution in [1.29, 1.82) is 0 Å². The average molecular weight is 326 g/mol. The van der Waals surface area contributed by atoms with Crippen LogP contribution in [-0.4, -0.2) is 26.9 Å². The Bertz CT molecular complexity index is 630. The van der Waals surface area contributed by atoms with Gasteiger partial charge in [0, 0.05) is 11.4 Å².